The molecule has 3 aliphatic rings. The molecule has 1 spiro atoms. The van der Waals surface area contributed by atoms with Gasteiger partial charge < -0.3 is 4.90 Å². The van der Waals surface area contributed by atoms with Crippen molar-refractivity contribution in [1.82, 2.24) is 4.98 Å². The van der Waals surface area contributed by atoms with E-state index in [-0.39, 0.29) is 11.6 Å². The molecule has 0 amide bonds. The smallest absolute Gasteiger partial charge is 0.178 e. The highest BCUT2D eigenvalue weighted by atomic mass is 16.2. The van der Waals surface area contributed by atoms with Crippen LogP contribution in [0, 0.1) is 19.3 Å². The molecule has 26 heavy (non-hydrogen) atoms. The molecule has 0 atom stereocenters. The molecule has 1 fully saturated rings. The second-order valence-electron chi connectivity index (χ2n) is 7.94. The number of nitrogens with zero attached hydrogens (tertiary/aromatic N) is 2. The first-order chi connectivity index (χ1) is 12.5. The van der Waals surface area contributed by atoms with Crippen LogP contribution in [0.5, 0.6) is 0 Å². The van der Waals surface area contributed by atoms with E-state index >= 15 is 0 Å². The van der Waals surface area contributed by atoms with E-state index in [0.717, 1.165) is 35.7 Å². The maximum atomic E-state index is 13.2. The molecule has 0 radical (unpaired) electrons. The third kappa shape index (κ3) is 1.87. The van der Waals surface area contributed by atoms with E-state index in [2.05, 4.69) is 11.8 Å². The van der Waals surface area contributed by atoms with E-state index in [1.54, 1.807) is 12.1 Å². The second-order valence-corrected chi connectivity index (χ2v) is 7.94. The summed E-state index contributed by atoms with van der Waals surface area (Å²) >= 11 is 0. The molecule has 0 N–H and O–H groups in total. The lowest BCUT2D eigenvalue weighted by Crippen LogP contribution is -2.34. The van der Waals surface area contributed by atoms with Crippen LogP contribution in [0.25, 0.3) is 0 Å². The molecular weight excluding hydrogens is 324 g/mol. The number of benzene rings is 1. The van der Waals surface area contributed by atoms with Gasteiger partial charge in [-0.3, -0.25) is 9.59 Å². The Morgan fingerprint density at radius 1 is 0.923 bits per heavy atom. The van der Waals surface area contributed by atoms with Gasteiger partial charge in [-0.25, -0.2) is 4.98 Å². The SMILES string of the molecule is Cc1nc(N2CCCC2)c(C)c2c1CC1(C2)C(=O)c2ccccc2C1=O. The van der Waals surface area contributed by atoms with Crippen molar-refractivity contribution in [2.75, 3.05) is 18.0 Å². The number of carbonyl (C=O) groups is 2. The normalized spacial score (nSPS) is 20.2. The fraction of sp³-hybridized carbons (Fsp3) is 0.409. The van der Waals surface area contributed by atoms with Crippen LogP contribution in [-0.2, 0) is 12.8 Å². The average Bonchev–Trinajstić information content (AvgIpc) is 3.35. The van der Waals surface area contributed by atoms with E-state index in [9.17, 15) is 9.59 Å². The number of fused-ring (bicyclic) bond motifs is 2. The number of anilines is 1. The standard InChI is InChI=1S/C22H22N2O2/c1-13-17-11-22(19(25)15-7-3-4-8-16(15)20(22)26)12-18(17)14(2)23-21(13)24-9-5-6-10-24/h3-4,7-8H,5-6,9-12H2,1-2H3. The van der Waals surface area contributed by atoms with Gasteiger partial charge in [0.05, 0.1) is 0 Å². The topological polar surface area (TPSA) is 50.3 Å². The van der Waals surface area contributed by atoms with Crippen molar-refractivity contribution < 1.29 is 9.59 Å². The van der Waals surface area contributed by atoms with Crippen LogP contribution in [-0.4, -0.2) is 29.6 Å². The molecule has 0 saturated carbocycles. The number of pyridine rings is 1. The van der Waals surface area contributed by atoms with Gasteiger partial charge in [0.15, 0.2) is 11.6 Å². The summed E-state index contributed by atoms with van der Waals surface area (Å²) in [4.78, 5) is 33.7. The van der Waals surface area contributed by atoms with Crippen LogP contribution in [0.2, 0.25) is 0 Å². The Hall–Kier alpha value is -2.49. The van der Waals surface area contributed by atoms with Crippen LogP contribution < -0.4 is 4.90 Å². The highest BCUT2D eigenvalue weighted by Crippen LogP contribution is 2.49. The summed E-state index contributed by atoms with van der Waals surface area (Å²) in [6.45, 7) is 6.21. The molecular formula is C22H22N2O2. The minimum atomic E-state index is -0.938. The predicted molar refractivity (Wildman–Crippen MR) is 100 cm³/mol. The Morgan fingerprint density at radius 2 is 1.50 bits per heavy atom. The third-order valence-corrected chi connectivity index (χ3v) is 6.51. The maximum absolute atomic E-state index is 13.2. The van der Waals surface area contributed by atoms with E-state index in [0.29, 0.717) is 24.0 Å². The molecule has 1 saturated heterocycles. The molecule has 132 valence electrons. The van der Waals surface area contributed by atoms with E-state index < -0.39 is 5.41 Å². The zero-order chi connectivity index (χ0) is 18.1. The molecule has 5 rings (SSSR count). The molecule has 0 unspecified atom stereocenters. The van der Waals surface area contributed by atoms with E-state index in [1.165, 1.54) is 18.4 Å². The molecule has 0 bridgehead atoms. The van der Waals surface area contributed by atoms with Crippen molar-refractivity contribution in [3.05, 3.63) is 57.8 Å². The fourth-order valence-electron chi connectivity index (χ4n) is 5.09. The van der Waals surface area contributed by atoms with Gasteiger partial charge in [-0.05, 0) is 56.2 Å². The second kappa shape index (κ2) is 5.26. The molecule has 1 aromatic heterocycles. The number of hydrogen-bond acceptors (Lipinski definition) is 4. The summed E-state index contributed by atoms with van der Waals surface area (Å²) in [5.74, 6) is 1.04. The van der Waals surface area contributed by atoms with Crippen LogP contribution in [0.15, 0.2) is 24.3 Å². The van der Waals surface area contributed by atoms with E-state index in [4.69, 9.17) is 4.98 Å². The number of Topliss-reactive ketones (excluding diaryl/α,β-unsaturated/α-hetero) is 2. The zero-order valence-corrected chi connectivity index (χ0v) is 15.3. The molecule has 2 heterocycles. The lowest BCUT2D eigenvalue weighted by molar-refractivity contribution is 0.0710. The van der Waals surface area contributed by atoms with Crippen molar-refractivity contribution in [2.45, 2.75) is 39.5 Å². The van der Waals surface area contributed by atoms with Gasteiger partial charge in [0.25, 0.3) is 0 Å². The maximum Gasteiger partial charge on any atom is 0.178 e. The first kappa shape index (κ1) is 15.7. The molecule has 4 nitrogen and oxygen atoms in total. The quantitative estimate of drug-likeness (QED) is 0.742. The Morgan fingerprint density at radius 3 is 2.12 bits per heavy atom. The van der Waals surface area contributed by atoms with Gasteiger partial charge >= 0.3 is 0 Å². The zero-order valence-electron chi connectivity index (χ0n) is 15.3. The van der Waals surface area contributed by atoms with Crippen LogP contribution in [0.1, 0.15) is 55.9 Å². The van der Waals surface area contributed by atoms with Crippen molar-refractivity contribution in [2.24, 2.45) is 5.41 Å². The lowest BCUT2D eigenvalue weighted by atomic mass is 9.79. The molecule has 4 heteroatoms. The molecule has 2 aliphatic carbocycles. The molecule has 1 aromatic carbocycles. The number of hydrogen-bond donors (Lipinski definition) is 0. The number of aromatic nitrogens is 1. The first-order valence-corrected chi connectivity index (χ1v) is 9.45. The Labute approximate surface area is 153 Å². The van der Waals surface area contributed by atoms with Gasteiger partial charge in [0.1, 0.15) is 11.2 Å². The summed E-state index contributed by atoms with van der Waals surface area (Å²) in [5.41, 5.74) is 4.66. The van der Waals surface area contributed by atoms with Crippen molar-refractivity contribution in [1.29, 1.82) is 0 Å². The van der Waals surface area contributed by atoms with Crippen LogP contribution >= 0.6 is 0 Å². The predicted octanol–water partition coefficient (Wildman–Crippen LogP) is 3.46. The Balaban J connectivity index is 1.62. The fourth-order valence-corrected chi connectivity index (χ4v) is 5.09. The summed E-state index contributed by atoms with van der Waals surface area (Å²) < 4.78 is 0. The summed E-state index contributed by atoms with van der Waals surface area (Å²) in [6.07, 6.45) is 3.42. The van der Waals surface area contributed by atoms with Crippen molar-refractivity contribution in [3.8, 4) is 0 Å². The van der Waals surface area contributed by atoms with Gasteiger partial charge in [-0.15, -0.1) is 0 Å². The molecule has 1 aliphatic heterocycles. The summed E-state index contributed by atoms with van der Waals surface area (Å²) in [7, 11) is 0. The number of aryl methyl sites for hydroxylation is 1. The monoisotopic (exact) mass is 346 g/mol. The highest BCUT2D eigenvalue weighted by Gasteiger charge is 2.56. The van der Waals surface area contributed by atoms with Gasteiger partial charge in [0, 0.05) is 29.9 Å². The molecule has 2 aromatic rings. The van der Waals surface area contributed by atoms with Crippen molar-refractivity contribution >= 4 is 17.4 Å². The van der Waals surface area contributed by atoms with E-state index in [1.807, 2.05) is 19.1 Å². The van der Waals surface area contributed by atoms with Crippen LogP contribution in [0.3, 0.4) is 0 Å². The Bertz CT molecular complexity index is 935. The average molecular weight is 346 g/mol. The van der Waals surface area contributed by atoms with Crippen molar-refractivity contribution in [3.63, 3.8) is 0 Å². The largest absolute Gasteiger partial charge is 0.356 e. The van der Waals surface area contributed by atoms with Gasteiger partial charge in [-0.1, -0.05) is 24.3 Å². The minimum Gasteiger partial charge on any atom is -0.356 e. The number of rotatable bonds is 1. The minimum absolute atomic E-state index is 0.00387. The van der Waals surface area contributed by atoms with Crippen LogP contribution in [0.4, 0.5) is 5.82 Å². The number of ketones is 2. The summed E-state index contributed by atoms with van der Waals surface area (Å²) in [6, 6.07) is 7.27. The van der Waals surface area contributed by atoms with Gasteiger partial charge in [-0.2, -0.15) is 0 Å². The Kier molecular flexibility index (Phi) is 3.18. The lowest BCUT2D eigenvalue weighted by Gasteiger charge is -2.22. The highest BCUT2D eigenvalue weighted by molar-refractivity contribution is 6.30. The summed E-state index contributed by atoms with van der Waals surface area (Å²) in [5, 5.41) is 0. The first-order valence-electron chi connectivity index (χ1n) is 9.45. The number of carbonyl (C=O) groups excluding carboxylic acids is 2. The van der Waals surface area contributed by atoms with Gasteiger partial charge in [0.2, 0.25) is 0 Å². The third-order valence-electron chi connectivity index (χ3n) is 6.51.